The van der Waals surface area contributed by atoms with Crippen LogP contribution < -0.4 is 0 Å². The van der Waals surface area contributed by atoms with Gasteiger partial charge in [-0.05, 0) is 45.6 Å². The maximum absolute atomic E-state index is 6.37. The van der Waals surface area contributed by atoms with Crippen LogP contribution in [-0.2, 0) is 4.43 Å². The van der Waals surface area contributed by atoms with Gasteiger partial charge in [-0.15, -0.1) is 0 Å². The van der Waals surface area contributed by atoms with Gasteiger partial charge < -0.3 is 4.43 Å². The van der Waals surface area contributed by atoms with Crippen molar-refractivity contribution < 1.29 is 4.43 Å². The Kier molecular flexibility index (Phi) is 5.48. The highest BCUT2D eigenvalue weighted by Gasteiger charge is 2.32. The van der Waals surface area contributed by atoms with Crippen molar-refractivity contribution in [2.75, 3.05) is 13.1 Å². The van der Waals surface area contributed by atoms with Crippen molar-refractivity contribution in [3.63, 3.8) is 0 Å². The van der Waals surface area contributed by atoms with Crippen LogP contribution >= 0.6 is 0 Å². The van der Waals surface area contributed by atoms with Gasteiger partial charge in [0.1, 0.15) is 0 Å². The summed E-state index contributed by atoms with van der Waals surface area (Å²) in [7, 11) is -1.38. The average molecular weight is 243 g/mol. The van der Waals surface area contributed by atoms with Crippen molar-refractivity contribution in [1.29, 1.82) is 0 Å². The first kappa shape index (κ1) is 14.2. The number of hydrogen-bond acceptors (Lipinski definition) is 2. The third-order valence-electron chi connectivity index (χ3n) is 3.45. The summed E-state index contributed by atoms with van der Waals surface area (Å²) < 4.78 is 6.37. The molecule has 0 spiro atoms. The third kappa shape index (κ3) is 4.19. The molecule has 0 aromatic carbocycles. The summed E-state index contributed by atoms with van der Waals surface area (Å²) in [4.78, 5) is 2.59. The molecule has 0 aromatic rings. The molecule has 0 radical (unpaired) electrons. The van der Waals surface area contributed by atoms with Gasteiger partial charge in [-0.25, -0.2) is 0 Å². The van der Waals surface area contributed by atoms with Crippen molar-refractivity contribution in [2.24, 2.45) is 0 Å². The molecule has 1 saturated carbocycles. The Balaban J connectivity index is 2.63. The fourth-order valence-corrected chi connectivity index (χ4v) is 3.96. The van der Waals surface area contributed by atoms with Crippen LogP contribution in [0.15, 0.2) is 0 Å². The van der Waals surface area contributed by atoms with Gasteiger partial charge in [0.15, 0.2) is 8.32 Å². The molecule has 0 aromatic heterocycles. The van der Waals surface area contributed by atoms with E-state index in [-0.39, 0.29) is 0 Å². The first-order valence-electron chi connectivity index (χ1n) is 6.89. The van der Waals surface area contributed by atoms with Crippen LogP contribution in [-0.4, -0.2) is 38.5 Å². The molecular weight excluding hydrogens is 214 g/mol. The van der Waals surface area contributed by atoms with Gasteiger partial charge in [-0.2, -0.15) is 0 Å². The number of likely N-dealkylation sites (N-methyl/N-ethyl adjacent to an activating group) is 1. The fourth-order valence-electron chi connectivity index (χ4n) is 2.78. The van der Waals surface area contributed by atoms with Crippen LogP contribution in [0.4, 0.5) is 0 Å². The SMILES string of the molecule is CCN(CC)C1CCCCC1O[Si](C)(C)C. The van der Waals surface area contributed by atoms with E-state index in [9.17, 15) is 0 Å². The standard InChI is InChI=1S/C13H29NOSi/c1-6-14(7-2)12-10-8-9-11-13(12)15-16(3,4)5/h12-13H,6-11H2,1-5H3. The molecule has 2 unspecified atom stereocenters. The fraction of sp³-hybridized carbons (Fsp3) is 1.00. The van der Waals surface area contributed by atoms with Crippen molar-refractivity contribution >= 4 is 8.32 Å². The molecule has 1 rings (SSSR count). The normalized spacial score (nSPS) is 27.4. The molecule has 0 saturated heterocycles. The van der Waals surface area contributed by atoms with E-state index in [1.54, 1.807) is 0 Å². The molecule has 0 amide bonds. The highest BCUT2D eigenvalue weighted by Crippen LogP contribution is 2.27. The van der Waals surface area contributed by atoms with Crippen LogP contribution in [0.2, 0.25) is 19.6 Å². The smallest absolute Gasteiger partial charge is 0.184 e. The lowest BCUT2D eigenvalue weighted by molar-refractivity contribution is 0.0365. The van der Waals surface area contributed by atoms with E-state index >= 15 is 0 Å². The van der Waals surface area contributed by atoms with E-state index in [0.29, 0.717) is 12.1 Å². The summed E-state index contributed by atoms with van der Waals surface area (Å²) >= 11 is 0. The molecule has 2 atom stereocenters. The van der Waals surface area contributed by atoms with Crippen molar-refractivity contribution in [1.82, 2.24) is 4.90 Å². The molecule has 0 aliphatic heterocycles. The van der Waals surface area contributed by atoms with Gasteiger partial charge in [-0.3, -0.25) is 4.90 Å². The summed E-state index contributed by atoms with van der Waals surface area (Å²) in [5.74, 6) is 0. The molecular formula is C13H29NOSi. The molecule has 3 heteroatoms. The van der Waals surface area contributed by atoms with Crippen LogP contribution in [0, 0.1) is 0 Å². The average Bonchev–Trinajstić information content (AvgIpc) is 2.20. The topological polar surface area (TPSA) is 12.5 Å². The molecule has 0 N–H and O–H groups in total. The van der Waals surface area contributed by atoms with Crippen LogP contribution in [0.5, 0.6) is 0 Å². The largest absolute Gasteiger partial charge is 0.413 e. The predicted octanol–water partition coefficient (Wildman–Crippen LogP) is 3.49. The highest BCUT2D eigenvalue weighted by molar-refractivity contribution is 6.69. The summed E-state index contributed by atoms with van der Waals surface area (Å²) in [6.07, 6.45) is 5.84. The van der Waals surface area contributed by atoms with Gasteiger partial charge in [0.2, 0.25) is 0 Å². The van der Waals surface area contributed by atoms with Gasteiger partial charge in [-0.1, -0.05) is 26.7 Å². The third-order valence-corrected chi connectivity index (χ3v) is 4.46. The Bertz CT molecular complexity index is 199. The molecule has 1 fully saturated rings. The molecule has 0 heterocycles. The van der Waals surface area contributed by atoms with Crippen molar-refractivity contribution in [3.8, 4) is 0 Å². The zero-order valence-electron chi connectivity index (χ0n) is 11.8. The molecule has 96 valence electrons. The van der Waals surface area contributed by atoms with Crippen LogP contribution in [0.3, 0.4) is 0 Å². The molecule has 1 aliphatic rings. The van der Waals surface area contributed by atoms with Crippen LogP contribution in [0.1, 0.15) is 39.5 Å². The monoisotopic (exact) mass is 243 g/mol. The zero-order chi connectivity index (χ0) is 12.2. The van der Waals surface area contributed by atoms with E-state index in [1.165, 1.54) is 25.7 Å². The van der Waals surface area contributed by atoms with Gasteiger partial charge in [0, 0.05) is 6.04 Å². The second-order valence-corrected chi connectivity index (χ2v) is 10.3. The summed E-state index contributed by atoms with van der Waals surface area (Å²) in [5.41, 5.74) is 0. The van der Waals surface area contributed by atoms with E-state index in [0.717, 1.165) is 13.1 Å². The maximum atomic E-state index is 6.37. The van der Waals surface area contributed by atoms with E-state index in [1.807, 2.05) is 0 Å². The minimum Gasteiger partial charge on any atom is -0.413 e. The van der Waals surface area contributed by atoms with Gasteiger partial charge in [0.25, 0.3) is 0 Å². The van der Waals surface area contributed by atoms with E-state index < -0.39 is 8.32 Å². The highest BCUT2D eigenvalue weighted by atomic mass is 28.4. The van der Waals surface area contributed by atoms with E-state index in [2.05, 4.69) is 38.4 Å². The number of nitrogens with zero attached hydrogens (tertiary/aromatic N) is 1. The van der Waals surface area contributed by atoms with Gasteiger partial charge >= 0.3 is 0 Å². The Morgan fingerprint density at radius 3 is 2.12 bits per heavy atom. The maximum Gasteiger partial charge on any atom is 0.184 e. The minimum atomic E-state index is -1.38. The molecule has 16 heavy (non-hydrogen) atoms. The van der Waals surface area contributed by atoms with Gasteiger partial charge in [0.05, 0.1) is 6.10 Å². The first-order chi connectivity index (χ1) is 7.48. The number of rotatable bonds is 5. The lowest BCUT2D eigenvalue weighted by Crippen LogP contribution is -2.49. The predicted molar refractivity (Wildman–Crippen MR) is 73.4 cm³/mol. The Labute approximate surface area is 102 Å². The van der Waals surface area contributed by atoms with Crippen molar-refractivity contribution in [3.05, 3.63) is 0 Å². The molecule has 1 aliphatic carbocycles. The lowest BCUT2D eigenvalue weighted by Gasteiger charge is -2.41. The summed E-state index contributed by atoms with van der Waals surface area (Å²) in [5, 5.41) is 0. The van der Waals surface area contributed by atoms with E-state index in [4.69, 9.17) is 4.43 Å². The minimum absolute atomic E-state index is 0.500. The molecule has 0 bridgehead atoms. The molecule has 2 nitrogen and oxygen atoms in total. The lowest BCUT2D eigenvalue weighted by atomic mass is 9.91. The Morgan fingerprint density at radius 1 is 1.06 bits per heavy atom. The van der Waals surface area contributed by atoms with Crippen molar-refractivity contribution in [2.45, 2.75) is 71.3 Å². The quantitative estimate of drug-likeness (QED) is 0.685. The Morgan fingerprint density at radius 2 is 1.62 bits per heavy atom. The summed E-state index contributed by atoms with van der Waals surface area (Å²) in [6.45, 7) is 13.8. The number of hydrogen-bond donors (Lipinski definition) is 0. The van der Waals surface area contributed by atoms with Crippen LogP contribution in [0.25, 0.3) is 0 Å². The second-order valence-electron chi connectivity index (χ2n) is 5.84. The second kappa shape index (κ2) is 6.17. The summed E-state index contributed by atoms with van der Waals surface area (Å²) in [6, 6.07) is 0.676. The first-order valence-corrected chi connectivity index (χ1v) is 10.3. The Hall–Kier alpha value is 0.137. The zero-order valence-corrected chi connectivity index (χ0v) is 12.8.